The lowest BCUT2D eigenvalue weighted by Gasteiger charge is -2.05. The van der Waals surface area contributed by atoms with Gasteiger partial charge < -0.3 is 5.11 Å². The zero-order chi connectivity index (χ0) is 10.4. The van der Waals surface area contributed by atoms with E-state index in [0.717, 1.165) is 6.42 Å². The molecule has 0 saturated carbocycles. The molecule has 0 bridgehead atoms. The highest BCUT2D eigenvalue weighted by Gasteiger charge is 1.98. The van der Waals surface area contributed by atoms with E-state index >= 15 is 0 Å². The number of benzene rings is 1. The lowest BCUT2D eigenvalue weighted by Crippen LogP contribution is -1.94. The predicted octanol–water partition coefficient (Wildman–Crippen LogP) is 2.76. The summed E-state index contributed by atoms with van der Waals surface area (Å²) in [6.45, 7) is 4.42. The molecule has 0 atom stereocenters. The number of aliphatic hydroxyl groups is 1. The van der Waals surface area contributed by atoms with Gasteiger partial charge >= 0.3 is 0 Å². The van der Waals surface area contributed by atoms with E-state index in [0.29, 0.717) is 12.3 Å². The van der Waals surface area contributed by atoms with Gasteiger partial charge in [-0.1, -0.05) is 44.0 Å². The molecule has 0 amide bonds. The maximum atomic E-state index is 8.38. The Balaban J connectivity index is 2.71. The zero-order valence-electron chi connectivity index (χ0n) is 8.75. The molecular weight excluding hydrogens is 172 g/mol. The summed E-state index contributed by atoms with van der Waals surface area (Å²) in [4.78, 5) is 0. The minimum atomic E-state index is 0.627. The summed E-state index contributed by atoms with van der Waals surface area (Å²) in [5.41, 5.74) is 2.52. The maximum Gasteiger partial charge on any atom is 0.107 e. The Morgan fingerprint density at radius 3 is 2.64 bits per heavy atom. The van der Waals surface area contributed by atoms with Crippen LogP contribution in [-0.4, -0.2) is 5.11 Å². The molecule has 74 valence electrons. The fraction of sp³-hybridized carbons (Fsp3) is 0.385. The molecule has 1 nitrogen and oxygen atoms in total. The minimum Gasteiger partial charge on any atom is -0.462 e. The fourth-order valence-electron chi connectivity index (χ4n) is 1.48. The molecule has 1 heteroatoms. The second kappa shape index (κ2) is 5.34. The van der Waals surface area contributed by atoms with Gasteiger partial charge in [0.05, 0.1) is 0 Å². The van der Waals surface area contributed by atoms with Crippen LogP contribution in [0.5, 0.6) is 0 Å². The van der Waals surface area contributed by atoms with Gasteiger partial charge in [-0.2, -0.15) is 0 Å². The quantitative estimate of drug-likeness (QED) is 0.723. The minimum absolute atomic E-state index is 0.627. The Kier molecular flexibility index (Phi) is 4.07. The third-order valence-electron chi connectivity index (χ3n) is 2.01. The van der Waals surface area contributed by atoms with Gasteiger partial charge in [-0.05, 0) is 23.5 Å². The van der Waals surface area contributed by atoms with Crippen LogP contribution >= 0.6 is 0 Å². The molecule has 0 aromatic heterocycles. The van der Waals surface area contributed by atoms with Gasteiger partial charge in [-0.3, -0.25) is 0 Å². The standard InChI is InChI=1S/C13H16O/c1-11(2)9-13-6-3-5-12(10-13)7-4-8-14/h3,5-6,10-11,14H,7,9H2,1-2H3. The molecule has 14 heavy (non-hydrogen) atoms. The molecule has 0 saturated heterocycles. The summed E-state index contributed by atoms with van der Waals surface area (Å²) >= 11 is 0. The van der Waals surface area contributed by atoms with E-state index < -0.39 is 0 Å². The molecule has 0 fully saturated rings. The first-order valence-corrected chi connectivity index (χ1v) is 4.92. The van der Waals surface area contributed by atoms with E-state index in [1.165, 1.54) is 11.1 Å². The van der Waals surface area contributed by atoms with Crippen molar-refractivity contribution in [3.63, 3.8) is 0 Å². The third-order valence-corrected chi connectivity index (χ3v) is 2.01. The molecule has 0 aliphatic heterocycles. The van der Waals surface area contributed by atoms with Crippen molar-refractivity contribution in [2.45, 2.75) is 26.7 Å². The second-order valence-corrected chi connectivity index (χ2v) is 3.88. The molecule has 0 radical (unpaired) electrons. The van der Waals surface area contributed by atoms with Crippen LogP contribution in [0.2, 0.25) is 0 Å². The number of rotatable bonds is 3. The fourth-order valence-corrected chi connectivity index (χ4v) is 1.48. The van der Waals surface area contributed by atoms with Crippen LogP contribution < -0.4 is 0 Å². The smallest absolute Gasteiger partial charge is 0.107 e. The van der Waals surface area contributed by atoms with Crippen molar-refractivity contribution in [2.24, 2.45) is 5.92 Å². The van der Waals surface area contributed by atoms with Gasteiger partial charge in [0.1, 0.15) is 6.11 Å². The summed E-state index contributed by atoms with van der Waals surface area (Å²) in [6, 6.07) is 8.38. The highest BCUT2D eigenvalue weighted by Crippen LogP contribution is 2.10. The SMILES string of the molecule is CC(C)Cc1cccc(CC#CO)c1. The van der Waals surface area contributed by atoms with Gasteiger partial charge in [0, 0.05) is 6.42 Å². The van der Waals surface area contributed by atoms with Gasteiger partial charge in [0.25, 0.3) is 0 Å². The molecule has 1 aromatic rings. The largest absolute Gasteiger partial charge is 0.462 e. The van der Waals surface area contributed by atoms with Crippen LogP contribution in [0.15, 0.2) is 24.3 Å². The summed E-state index contributed by atoms with van der Waals surface area (Å²) in [5.74, 6) is 3.33. The van der Waals surface area contributed by atoms with Crippen molar-refractivity contribution in [3.8, 4) is 12.0 Å². The molecule has 0 heterocycles. The monoisotopic (exact) mass is 188 g/mol. The average Bonchev–Trinajstić information content (AvgIpc) is 2.14. The van der Waals surface area contributed by atoms with E-state index in [-0.39, 0.29) is 0 Å². The van der Waals surface area contributed by atoms with E-state index in [1.54, 1.807) is 0 Å². The van der Waals surface area contributed by atoms with Crippen LogP contribution in [0.4, 0.5) is 0 Å². The normalized spacial score (nSPS) is 9.64. The van der Waals surface area contributed by atoms with Crippen molar-refractivity contribution in [1.29, 1.82) is 0 Å². The number of aliphatic hydroxyl groups excluding tert-OH is 1. The Hall–Kier alpha value is -1.42. The number of hydrogen-bond donors (Lipinski definition) is 1. The second-order valence-electron chi connectivity index (χ2n) is 3.88. The van der Waals surface area contributed by atoms with Crippen LogP contribution in [0.25, 0.3) is 0 Å². The Morgan fingerprint density at radius 1 is 1.29 bits per heavy atom. The molecule has 0 aliphatic carbocycles. The van der Waals surface area contributed by atoms with Crippen LogP contribution in [0.1, 0.15) is 25.0 Å². The molecular formula is C13H16O. The van der Waals surface area contributed by atoms with Crippen molar-refractivity contribution in [2.75, 3.05) is 0 Å². The van der Waals surface area contributed by atoms with E-state index in [4.69, 9.17) is 5.11 Å². The van der Waals surface area contributed by atoms with Crippen molar-refractivity contribution < 1.29 is 5.11 Å². The molecule has 0 spiro atoms. The van der Waals surface area contributed by atoms with Crippen LogP contribution in [0, 0.1) is 17.9 Å². The van der Waals surface area contributed by atoms with Crippen molar-refractivity contribution >= 4 is 0 Å². The Labute approximate surface area is 85.8 Å². The highest BCUT2D eigenvalue weighted by atomic mass is 16.2. The highest BCUT2D eigenvalue weighted by molar-refractivity contribution is 5.26. The van der Waals surface area contributed by atoms with Gasteiger partial charge in [-0.15, -0.1) is 0 Å². The first-order valence-electron chi connectivity index (χ1n) is 4.92. The predicted molar refractivity (Wildman–Crippen MR) is 58.4 cm³/mol. The van der Waals surface area contributed by atoms with Crippen molar-refractivity contribution in [1.82, 2.24) is 0 Å². The third kappa shape index (κ3) is 3.53. The molecule has 0 aliphatic rings. The topological polar surface area (TPSA) is 20.2 Å². The molecule has 1 rings (SSSR count). The lowest BCUT2D eigenvalue weighted by molar-refractivity contribution is 0.516. The first-order chi connectivity index (χ1) is 6.72. The van der Waals surface area contributed by atoms with Crippen LogP contribution in [-0.2, 0) is 12.8 Å². The van der Waals surface area contributed by atoms with Crippen LogP contribution in [0.3, 0.4) is 0 Å². The van der Waals surface area contributed by atoms with Crippen molar-refractivity contribution in [3.05, 3.63) is 35.4 Å². The lowest BCUT2D eigenvalue weighted by atomic mass is 10.0. The summed E-state index contributed by atoms with van der Waals surface area (Å²) in [5, 5.41) is 8.38. The molecule has 0 unspecified atom stereocenters. The molecule has 1 aromatic carbocycles. The van der Waals surface area contributed by atoms with Gasteiger partial charge in [-0.25, -0.2) is 0 Å². The Morgan fingerprint density at radius 2 is 2.00 bits per heavy atom. The summed E-state index contributed by atoms with van der Waals surface area (Å²) in [6.07, 6.45) is 3.65. The van der Waals surface area contributed by atoms with Gasteiger partial charge in [0.15, 0.2) is 0 Å². The molecule has 1 N–H and O–H groups in total. The van der Waals surface area contributed by atoms with E-state index in [9.17, 15) is 0 Å². The van der Waals surface area contributed by atoms with Gasteiger partial charge in [0.2, 0.25) is 0 Å². The zero-order valence-corrected chi connectivity index (χ0v) is 8.75. The summed E-state index contributed by atoms with van der Waals surface area (Å²) in [7, 11) is 0. The number of hydrogen-bond acceptors (Lipinski definition) is 1. The summed E-state index contributed by atoms with van der Waals surface area (Å²) < 4.78 is 0. The Bertz CT molecular complexity index is 342. The first kappa shape index (κ1) is 10.7. The van der Waals surface area contributed by atoms with E-state index in [2.05, 4.69) is 31.9 Å². The maximum absolute atomic E-state index is 8.38. The average molecular weight is 188 g/mol. The van der Waals surface area contributed by atoms with E-state index in [1.807, 2.05) is 18.2 Å².